The summed E-state index contributed by atoms with van der Waals surface area (Å²) in [6.07, 6.45) is 5.55. The highest BCUT2D eigenvalue weighted by Gasteiger charge is 2.25. The van der Waals surface area contributed by atoms with Crippen molar-refractivity contribution in [3.8, 4) is 0 Å². The third-order valence-electron chi connectivity index (χ3n) is 3.59. The average molecular weight is 212 g/mol. The summed E-state index contributed by atoms with van der Waals surface area (Å²) in [5.74, 6) is 2.44. The van der Waals surface area contributed by atoms with E-state index in [2.05, 4.69) is 26.1 Å². The fourth-order valence-electron chi connectivity index (χ4n) is 2.68. The van der Waals surface area contributed by atoms with Crippen molar-refractivity contribution in [1.82, 2.24) is 5.32 Å². The van der Waals surface area contributed by atoms with Crippen LogP contribution in [0.1, 0.15) is 46.5 Å². The Balaban J connectivity index is 2.35. The smallest absolute Gasteiger partial charge is 0.0218 e. The lowest BCUT2D eigenvalue weighted by Crippen LogP contribution is -2.45. The fourth-order valence-corrected chi connectivity index (χ4v) is 2.68. The lowest BCUT2D eigenvalue weighted by Gasteiger charge is -2.33. The first-order valence-corrected chi connectivity index (χ1v) is 6.57. The summed E-state index contributed by atoms with van der Waals surface area (Å²) in [4.78, 5) is 0. The van der Waals surface area contributed by atoms with Crippen molar-refractivity contribution in [3.05, 3.63) is 0 Å². The van der Waals surface area contributed by atoms with Gasteiger partial charge in [-0.15, -0.1) is 0 Å². The fraction of sp³-hybridized carbons (Fsp3) is 1.00. The molecular weight excluding hydrogens is 184 g/mol. The van der Waals surface area contributed by atoms with Crippen molar-refractivity contribution < 1.29 is 0 Å². The van der Waals surface area contributed by atoms with Crippen LogP contribution in [0.2, 0.25) is 0 Å². The summed E-state index contributed by atoms with van der Waals surface area (Å²) >= 11 is 0. The molecule has 0 bridgehead atoms. The van der Waals surface area contributed by atoms with Gasteiger partial charge in [-0.3, -0.25) is 0 Å². The molecule has 1 aliphatic carbocycles. The zero-order valence-electron chi connectivity index (χ0n) is 10.6. The molecule has 0 spiro atoms. The molecule has 15 heavy (non-hydrogen) atoms. The Bertz CT molecular complexity index is 168. The van der Waals surface area contributed by atoms with Gasteiger partial charge in [0.15, 0.2) is 0 Å². The maximum atomic E-state index is 5.87. The lowest BCUT2D eigenvalue weighted by molar-refractivity contribution is 0.221. The summed E-state index contributed by atoms with van der Waals surface area (Å²) in [5.41, 5.74) is 5.87. The minimum absolute atomic E-state index is 0.551. The Morgan fingerprint density at radius 3 is 2.60 bits per heavy atom. The molecule has 1 rings (SSSR count). The van der Waals surface area contributed by atoms with Crippen LogP contribution in [0.25, 0.3) is 0 Å². The highest BCUT2D eigenvalue weighted by atomic mass is 14.9. The van der Waals surface area contributed by atoms with Crippen LogP contribution in [-0.4, -0.2) is 19.1 Å². The van der Waals surface area contributed by atoms with Gasteiger partial charge in [0.1, 0.15) is 0 Å². The Morgan fingerprint density at radius 1 is 1.33 bits per heavy atom. The maximum absolute atomic E-state index is 5.87. The van der Waals surface area contributed by atoms with Crippen LogP contribution in [0.4, 0.5) is 0 Å². The van der Waals surface area contributed by atoms with Crippen LogP contribution in [0.5, 0.6) is 0 Å². The quantitative estimate of drug-likeness (QED) is 0.734. The molecule has 3 unspecified atom stereocenters. The van der Waals surface area contributed by atoms with Crippen molar-refractivity contribution in [2.45, 2.75) is 52.5 Å². The van der Waals surface area contributed by atoms with Crippen molar-refractivity contribution >= 4 is 0 Å². The topological polar surface area (TPSA) is 38.0 Å². The molecule has 1 fully saturated rings. The maximum Gasteiger partial charge on any atom is 0.0218 e. The molecule has 0 aromatic carbocycles. The Kier molecular flexibility index (Phi) is 5.62. The van der Waals surface area contributed by atoms with Gasteiger partial charge < -0.3 is 11.1 Å². The normalized spacial score (nSPS) is 29.4. The van der Waals surface area contributed by atoms with E-state index in [9.17, 15) is 0 Å². The molecule has 0 aromatic heterocycles. The first kappa shape index (κ1) is 13.0. The van der Waals surface area contributed by atoms with E-state index >= 15 is 0 Å². The van der Waals surface area contributed by atoms with E-state index in [0.717, 1.165) is 30.8 Å². The predicted octanol–water partition coefficient (Wildman–Crippen LogP) is 2.39. The van der Waals surface area contributed by atoms with E-state index in [4.69, 9.17) is 5.73 Å². The molecule has 1 aliphatic rings. The first-order chi connectivity index (χ1) is 7.13. The SMILES string of the molecule is CC(C)CNC(CN)C1CCCC(C)C1. The highest BCUT2D eigenvalue weighted by molar-refractivity contribution is 4.82. The number of rotatable bonds is 5. The van der Waals surface area contributed by atoms with Crippen LogP contribution in [-0.2, 0) is 0 Å². The number of nitrogens with one attached hydrogen (secondary N) is 1. The first-order valence-electron chi connectivity index (χ1n) is 6.57. The van der Waals surface area contributed by atoms with Crippen LogP contribution in [0.15, 0.2) is 0 Å². The molecule has 90 valence electrons. The predicted molar refractivity (Wildman–Crippen MR) is 66.8 cm³/mol. The van der Waals surface area contributed by atoms with Crippen LogP contribution in [0, 0.1) is 17.8 Å². The molecule has 2 heteroatoms. The molecule has 0 amide bonds. The molecule has 0 saturated heterocycles. The summed E-state index contributed by atoms with van der Waals surface area (Å²) in [6, 6.07) is 0.551. The zero-order chi connectivity index (χ0) is 11.3. The molecule has 0 aromatic rings. The van der Waals surface area contributed by atoms with Gasteiger partial charge in [0.2, 0.25) is 0 Å². The largest absolute Gasteiger partial charge is 0.329 e. The molecule has 3 N–H and O–H groups in total. The second-order valence-electron chi connectivity index (χ2n) is 5.68. The van der Waals surface area contributed by atoms with Gasteiger partial charge in [-0.2, -0.15) is 0 Å². The van der Waals surface area contributed by atoms with E-state index in [1.807, 2.05) is 0 Å². The second-order valence-corrected chi connectivity index (χ2v) is 5.68. The minimum Gasteiger partial charge on any atom is -0.329 e. The summed E-state index contributed by atoms with van der Waals surface area (Å²) < 4.78 is 0. The number of nitrogens with two attached hydrogens (primary N) is 1. The summed E-state index contributed by atoms with van der Waals surface area (Å²) in [6.45, 7) is 8.78. The minimum atomic E-state index is 0.551. The molecular formula is C13H28N2. The van der Waals surface area contributed by atoms with Gasteiger partial charge >= 0.3 is 0 Å². The monoisotopic (exact) mass is 212 g/mol. The molecule has 0 aliphatic heterocycles. The van der Waals surface area contributed by atoms with Gasteiger partial charge in [-0.05, 0) is 37.1 Å². The Hall–Kier alpha value is -0.0800. The van der Waals surface area contributed by atoms with E-state index in [-0.39, 0.29) is 0 Å². The zero-order valence-corrected chi connectivity index (χ0v) is 10.6. The van der Waals surface area contributed by atoms with Crippen LogP contribution in [0.3, 0.4) is 0 Å². The molecule has 3 atom stereocenters. The van der Waals surface area contributed by atoms with Gasteiger partial charge in [0, 0.05) is 12.6 Å². The molecule has 1 saturated carbocycles. The third kappa shape index (κ3) is 4.52. The van der Waals surface area contributed by atoms with E-state index in [1.165, 1.54) is 25.7 Å². The van der Waals surface area contributed by atoms with E-state index in [1.54, 1.807) is 0 Å². The number of hydrogen-bond acceptors (Lipinski definition) is 2. The second kappa shape index (κ2) is 6.49. The van der Waals surface area contributed by atoms with Crippen molar-refractivity contribution in [2.24, 2.45) is 23.5 Å². The van der Waals surface area contributed by atoms with Crippen LogP contribution < -0.4 is 11.1 Å². The number of hydrogen-bond donors (Lipinski definition) is 2. The van der Waals surface area contributed by atoms with Crippen molar-refractivity contribution in [2.75, 3.05) is 13.1 Å². The van der Waals surface area contributed by atoms with Crippen molar-refractivity contribution in [1.29, 1.82) is 0 Å². The van der Waals surface area contributed by atoms with Gasteiger partial charge in [-0.1, -0.05) is 33.6 Å². The standard InChI is InChI=1S/C13H28N2/c1-10(2)9-15-13(8-14)12-6-4-5-11(3)7-12/h10-13,15H,4-9,14H2,1-3H3. The Labute approximate surface area is 95.0 Å². The molecule has 0 heterocycles. The summed E-state index contributed by atoms with van der Waals surface area (Å²) in [5, 5.41) is 3.63. The molecule has 2 nitrogen and oxygen atoms in total. The average Bonchev–Trinajstić information content (AvgIpc) is 2.18. The van der Waals surface area contributed by atoms with Gasteiger partial charge in [0.25, 0.3) is 0 Å². The highest BCUT2D eigenvalue weighted by Crippen LogP contribution is 2.30. The van der Waals surface area contributed by atoms with Crippen molar-refractivity contribution in [3.63, 3.8) is 0 Å². The third-order valence-corrected chi connectivity index (χ3v) is 3.59. The van der Waals surface area contributed by atoms with E-state index < -0.39 is 0 Å². The van der Waals surface area contributed by atoms with E-state index in [0.29, 0.717) is 6.04 Å². The van der Waals surface area contributed by atoms with Crippen LogP contribution >= 0.6 is 0 Å². The van der Waals surface area contributed by atoms with Gasteiger partial charge in [-0.25, -0.2) is 0 Å². The lowest BCUT2D eigenvalue weighted by atomic mass is 9.78. The Morgan fingerprint density at radius 2 is 2.07 bits per heavy atom. The van der Waals surface area contributed by atoms with Gasteiger partial charge in [0.05, 0.1) is 0 Å². The molecule has 0 radical (unpaired) electrons. The summed E-state index contributed by atoms with van der Waals surface area (Å²) in [7, 11) is 0.